The summed E-state index contributed by atoms with van der Waals surface area (Å²) in [5.74, 6) is 0.381. The molecule has 0 unspecified atom stereocenters. The molecule has 0 spiro atoms. The summed E-state index contributed by atoms with van der Waals surface area (Å²) in [6.45, 7) is 5.04. The minimum Gasteiger partial charge on any atom is -0.480 e. The molecular formula is C13H20N6O4. The van der Waals surface area contributed by atoms with Crippen molar-refractivity contribution in [2.45, 2.75) is 0 Å². The van der Waals surface area contributed by atoms with E-state index in [4.69, 9.17) is 14.6 Å². The molecule has 0 saturated carbocycles. The summed E-state index contributed by atoms with van der Waals surface area (Å²) in [6, 6.07) is 0. The van der Waals surface area contributed by atoms with Crippen molar-refractivity contribution in [3.05, 3.63) is 0 Å². The highest BCUT2D eigenvalue weighted by Crippen LogP contribution is 2.18. The molecule has 2 fully saturated rings. The Hall–Kier alpha value is -2.20. The Morgan fingerprint density at radius 3 is 1.87 bits per heavy atom. The minimum absolute atomic E-state index is 0.241. The third kappa shape index (κ3) is 4.17. The molecule has 0 amide bonds. The topological polar surface area (TPSA) is 113 Å². The number of aliphatic carboxylic acids is 1. The molecule has 1 aromatic rings. The molecule has 0 bridgehead atoms. The van der Waals surface area contributed by atoms with Gasteiger partial charge in [0.05, 0.1) is 26.4 Å². The standard InChI is InChI=1S/C13H20N6O4/c20-10(21)9-14-11-15-12(18-1-5-22-6-2-18)17-13(16-11)19-3-7-23-8-4-19/h1-9H2,(H,20,21)(H,14,15,16,17). The Bertz CT molecular complexity index is 509. The Morgan fingerprint density at radius 2 is 1.43 bits per heavy atom. The van der Waals surface area contributed by atoms with Crippen LogP contribution in [0, 0.1) is 0 Å². The second-order valence-corrected chi connectivity index (χ2v) is 5.21. The Labute approximate surface area is 133 Å². The molecule has 126 valence electrons. The number of hydrogen-bond acceptors (Lipinski definition) is 9. The molecule has 2 saturated heterocycles. The molecule has 2 aliphatic heterocycles. The van der Waals surface area contributed by atoms with Crippen LogP contribution in [0.1, 0.15) is 0 Å². The fourth-order valence-electron chi connectivity index (χ4n) is 2.40. The van der Waals surface area contributed by atoms with Crippen LogP contribution in [-0.4, -0.2) is 85.2 Å². The zero-order valence-electron chi connectivity index (χ0n) is 12.8. The van der Waals surface area contributed by atoms with Crippen molar-refractivity contribution in [3.8, 4) is 0 Å². The largest absolute Gasteiger partial charge is 0.480 e. The van der Waals surface area contributed by atoms with Crippen LogP contribution in [0.3, 0.4) is 0 Å². The molecule has 2 aliphatic rings. The number of carbonyl (C=O) groups is 1. The Kier molecular flexibility index (Phi) is 5.03. The van der Waals surface area contributed by atoms with E-state index in [0.717, 1.165) is 0 Å². The van der Waals surface area contributed by atoms with Crippen LogP contribution in [0.2, 0.25) is 0 Å². The van der Waals surface area contributed by atoms with E-state index < -0.39 is 5.97 Å². The lowest BCUT2D eigenvalue weighted by Gasteiger charge is -2.30. The van der Waals surface area contributed by atoms with E-state index >= 15 is 0 Å². The van der Waals surface area contributed by atoms with Gasteiger partial charge in [0.15, 0.2) is 0 Å². The van der Waals surface area contributed by atoms with Gasteiger partial charge in [0.1, 0.15) is 6.54 Å². The molecule has 10 nitrogen and oxygen atoms in total. The predicted molar refractivity (Wildman–Crippen MR) is 82.0 cm³/mol. The number of nitrogens with zero attached hydrogens (tertiary/aromatic N) is 5. The smallest absolute Gasteiger partial charge is 0.322 e. The molecule has 23 heavy (non-hydrogen) atoms. The molecule has 0 aliphatic carbocycles. The van der Waals surface area contributed by atoms with Gasteiger partial charge in [-0.25, -0.2) is 0 Å². The second-order valence-electron chi connectivity index (χ2n) is 5.21. The van der Waals surface area contributed by atoms with E-state index in [0.29, 0.717) is 64.5 Å². The van der Waals surface area contributed by atoms with E-state index in [1.54, 1.807) is 0 Å². The van der Waals surface area contributed by atoms with Gasteiger partial charge in [-0.2, -0.15) is 15.0 Å². The van der Waals surface area contributed by atoms with Gasteiger partial charge in [0, 0.05) is 26.2 Å². The quantitative estimate of drug-likeness (QED) is 0.702. The number of rotatable bonds is 5. The maximum absolute atomic E-state index is 10.8. The number of hydrogen-bond donors (Lipinski definition) is 2. The number of nitrogens with one attached hydrogen (secondary N) is 1. The average Bonchev–Trinajstić information content (AvgIpc) is 2.61. The van der Waals surface area contributed by atoms with Gasteiger partial charge in [-0.3, -0.25) is 4.79 Å². The zero-order valence-corrected chi connectivity index (χ0v) is 12.8. The van der Waals surface area contributed by atoms with Gasteiger partial charge in [-0.1, -0.05) is 0 Å². The van der Waals surface area contributed by atoms with Crippen molar-refractivity contribution in [1.82, 2.24) is 15.0 Å². The first-order valence-corrected chi connectivity index (χ1v) is 7.59. The fraction of sp³-hybridized carbons (Fsp3) is 0.692. The van der Waals surface area contributed by atoms with Crippen LogP contribution in [0.15, 0.2) is 0 Å². The lowest BCUT2D eigenvalue weighted by atomic mass is 10.4. The Morgan fingerprint density at radius 1 is 0.957 bits per heavy atom. The number of aromatic nitrogens is 3. The van der Waals surface area contributed by atoms with E-state index in [1.165, 1.54) is 0 Å². The highest BCUT2D eigenvalue weighted by molar-refractivity contribution is 5.72. The van der Waals surface area contributed by atoms with E-state index in [1.807, 2.05) is 9.80 Å². The van der Waals surface area contributed by atoms with Gasteiger partial charge in [0.25, 0.3) is 0 Å². The average molecular weight is 324 g/mol. The first kappa shape index (κ1) is 15.7. The van der Waals surface area contributed by atoms with Crippen LogP contribution >= 0.6 is 0 Å². The fourth-order valence-corrected chi connectivity index (χ4v) is 2.40. The van der Waals surface area contributed by atoms with Gasteiger partial charge in [-0.05, 0) is 0 Å². The molecule has 2 N–H and O–H groups in total. The van der Waals surface area contributed by atoms with Crippen molar-refractivity contribution >= 4 is 23.8 Å². The molecule has 10 heteroatoms. The molecule has 1 aromatic heterocycles. The third-order valence-electron chi connectivity index (χ3n) is 3.60. The summed E-state index contributed by atoms with van der Waals surface area (Å²) in [5, 5.41) is 11.5. The predicted octanol–water partition coefficient (Wildman–Crippen LogP) is -0.959. The highest BCUT2D eigenvalue weighted by Gasteiger charge is 2.20. The summed E-state index contributed by atoms with van der Waals surface area (Å²) in [5.41, 5.74) is 0. The van der Waals surface area contributed by atoms with E-state index in [-0.39, 0.29) is 12.5 Å². The summed E-state index contributed by atoms with van der Waals surface area (Å²) < 4.78 is 10.7. The van der Waals surface area contributed by atoms with E-state index in [2.05, 4.69) is 20.3 Å². The van der Waals surface area contributed by atoms with Gasteiger partial charge in [0.2, 0.25) is 17.8 Å². The number of anilines is 3. The summed E-state index contributed by atoms with van der Waals surface area (Å²) in [4.78, 5) is 28.0. The van der Waals surface area contributed by atoms with Crippen LogP contribution < -0.4 is 15.1 Å². The minimum atomic E-state index is -0.966. The maximum Gasteiger partial charge on any atom is 0.322 e. The number of ether oxygens (including phenoxy) is 2. The van der Waals surface area contributed by atoms with Crippen LogP contribution in [0.4, 0.5) is 17.8 Å². The highest BCUT2D eigenvalue weighted by atomic mass is 16.5. The molecule has 3 rings (SSSR count). The van der Waals surface area contributed by atoms with Crippen molar-refractivity contribution in [3.63, 3.8) is 0 Å². The van der Waals surface area contributed by atoms with E-state index in [9.17, 15) is 4.79 Å². The van der Waals surface area contributed by atoms with Gasteiger partial charge in [-0.15, -0.1) is 0 Å². The number of carboxylic acid groups (broad SMARTS) is 1. The summed E-state index contributed by atoms with van der Waals surface area (Å²) in [7, 11) is 0. The van der Waals surface area contributed by atoms with Crippen LogP contribution in [0.5, 0.6) is 0 Å². The first-order valence-electron chi connectivity index (χ1n) is 7.59. The lowest BCUT2D eigenvalue weighted by Crippen LogP contribution is -2.40. The normalized spacial score (nSPS) is 18.8. The lowest BCUT2D eigenvalue weighted by molar-refractivity contribution is -0.134. The zero-order chi connectivity index (χ0) is 16.1. The molecule has 3 heterocycles. The first-order chi connectivity index (χ1) is 11.2. The Balaban J connectivity index is 1.83. The third-order valence-corrected chi connectivity index (χ3v) is 3.60. The summed E-state index contributed by atoms with van der Waals surface area (Å²) in [6.07, 6.45) is 0. The monoisotopic (exact) mass is 324 g/mol. The number of carboxylic acids is 1. The summed E-state index contributed by atoms with van der Waals surface area (Å²) >= 11 is 0. The molecule has 0 atom stereocenters. The molecule has 0 aromatic carbocycles. The van der Waals surface area contributed by atoms with Crippen molar-refractivity contribution in [2.75, 3.05) is 74.3 Å². The second kappa shape index (κ2) is 7.38. The van der Waals surface area contributed by atoms with Crippen molar-refractivity contribution < 1.29 is 19.4 Å². The van der Waals surface area contributed by atoms with Crippen LogP contribution in [-0.2, 0) is 14.3 Å². The maximum atomic E-state index is 10.8. The SMILES string of the molecule is O=C(O)CNc1nc(N2CCOCC2)nc(N2CCOCC2)n1. The van der Waals surface area contributed by atoms with Gasteiger partial charge < -0.3 is 29.7 Å². The van der Waals surface area contributed by atoms with Crippen molar-refractivity contribution in [1.29, 1.82) is 0 Å². The number of morpholine rings is 2. The van der Waals surface area contributed by atoms with Crippen LogP contribution in [0.25, 0.3) is 0 Å². The van der Waals surface area contributed by atoms with Gasteiger partial charge >= 0.3 is 5.97 Å². The molecular weight excluding hydrogens is 304 g/mol. The van der Waals surface area contributed by atoms with Crippen molar-refractivity contribution in [2.24, 2.45) is 0 Å². The molecule has 0 radical (unpaired) electrons.